The molecule has 1 heterocycles. The van der Waals surface area contributed by atoms with Gasteiger partial charge in [-0.1, -0.05) is 24.3 Å². The molecule has 2 N–H and O–H groups in total. The van der Waals surface area contributed by atoms with Crippen LogP contribution in [0.1, 0.15) is 10.4 Å². The Labute approximate surface area is 124 Å². The second-order valence-electron chi connectivity index (χ2n) is 4.46. The number of primary amides is 1. The zero-order valence-corrected chi connectivity index (χ0v) is 11.7. The topological polar surface area (TPSA) is 56.0 Å². The molecule has 2 aromatic carbocycles. The van der Waals surface area contributed by atoms with E-state index >= 15 is 0 Å². The van der Waals surface area contributed by atoms with Crippen LogP contribution < -0.4 is 5.73 Å². The van der Waals surface area contributed by atoms with Gasteiger partial charge in [0.2, 0.25) is 5.91 Å². The van der Waals surface area contributed by atoms with E-state index in [2.05, 4.69) is 4.98 Å². The van der Waals surface area contributed by atoms with Crippen molar-refractivity contribution in [3.8, 4) is 21.8 Å². The predicted octanol–water partition coefficient (Wildman–Crippen LogP) is 3.72. The van der Waals surface area contributed by atoms with Gasteiger partial charge in [0.25, 0.3) is 0 Å². The molecule has 0 aliphatic carbocycles. The third kappa shape index (κ3) is 2.68. The van der Waals surface area contributed by atoms with Gasteiger partial charge in [-0.3, -0.25) is 4.79 Å². The van der Waals surface area contributed by atoms with E-state index in [0.29, 0.717) is 16.8 Å². The number of hydrogen-bond acceptors (Lipinski definition) is 3. The number of aromatic nitrogens is 1. The molecule has 104 valence electrons. The molecule has 3 nitrogen and oxygen atoms in total. The van der Waals surface area contributed by atoms with Crippen LogP contribution >= 0.6 is 11.3 Å². The molecule has 0 aliphatic rings. The fraction of sp³-hybridized carbons (Fsp3) is 0. The maximum absolute atomic E-state index is 13.8. The van der Waals surface area contributed by atoms with Gasteiger partial charge in [-0.25, -0.2) is 9.37 Å². The van der Waals surface area contributed by atoms with Crippen molar-refractivity contribution >= 4 is 17.2 Å². The summed E-state index contributed by atoms with van der Waals surface area (Å²) in [5.41, 5.74) is 7.53. The summed E-state index contributed by atoms with van der Waals surface area (Å²) in [6.45, 7) is 0. The molecule has 5 heteroatoms. The molecular formula is C16H11FN2OS. The molecule has 0 atom stereocenters. The molecule has 0 unspecified atom stereocenters. The number of rotatable bonds is 3. The van der Waals surface area contributed by atoms with Gasteiger partial charge in [-0.05, 0) is 24.3 Å². The van der Waals surface area contributed by atoms with Crippen LogP contribution in [-0.4, -0.2) is 10.9 Å². The van der Waals surface area contributed by atoms with Crippen molar-refractivity contribution in [3.05, 3.63) is 65.3 Å². The summed E-state index contributed by atoms with van der Waals surface area (Å²) < 4.78 is 13.8. The Balaban J connectivity index is 2.01. The van der Waals surface area contributed by atoms with E-state index in [9.17, 15) is 9.18 Å². The largest absolute Gasteiger partial charge is 0.366 e. The van der Waals surface area contributed by atoms with Gasteiger partial charge >= 0.3 is 0 Å². The minimum absolute atomic E-state index is 0.305. The van der Waals surface area contributed by atoms with Crippen LogP contribution in [0, 0.1) is 5.82 Å². The molecule has 0 spiro atoms. The van der Waals surface area contributed by atoms with E-state index in [1.807, 2.05) is 6.07 Å². The number of halogens is 1. The number of nitrogens with zero attached hydrogens (tertiary/aromatic N) is 1. The third-order valence-corrected chi connectivity index (χ3v) is 3.94. The Morgan fingerprint density at radius 1 is 1.14 bits per heavy atom. The zero-order chi connectivity index (χ0) is 14.8. The van der Waals surface area contributed by atoms with Crippen LogP contribution in [0.15, 0.2) is 53.9 Å². The second-order valence-corrected chi connectivity index (χ2v) is 5.32. The average molecular weight is 298 g/mol. The Morgan fingerprint density at radius 3 is 2.71 bits per heavy atom. The minimum Gasteiger partial charge on any atom is -0.366 e. The first-order valence-electron chi connectivity index (χ1n) is 6.26. The Bertz CT molecular complexity index is 813. The Hall–Kier alpha value is -2.53. The highest BCUT2D eigenvalue weighted by Gasteiger charge is 2.11. The van der Waals surface area contributed by atoms with Gasteiger partial charge in [0.1, 0.15) is 10.8 Å². The number of thiazole rings is 1. The molecule has 0 radical (unpaired) electrons. The van der Waals surface area contributed by atoms with Gasteiger partial charge in [0.15, 0.2) is 0 Å². The lowest BCUT2D eigenvalue weighted by molar-refractivity contribution is 0.100. The molecule has 3 aromatic rings. The van der Waals surface area contributed by atoms with Gasteiger partial charge < -0.3 is 5.73 Å². The van der Waals surface area contributed by atoms with Crippen molar-refractivity contribution in [1.82, 2.24) is 4.98 Å². The van der Waals surface area contributed by atoms with E-state index < -0.39 is 5.91 Å². The van der Waals surface area contributed by atoms with Crippen LogP contribution in [0.3, 0.4) is 0 Å². The summed E-state index contributed by atoms with van der Waals surface area (Å²) in [6, 6.07) is 13.4. The molecule has 1 aromatic heterocycles. The number of hydrogen-bond donors (Lipinski definition) is 1. The molecule has 1 amide bonds. The SMILES string of the molecule is NC(=O)c1cccc(-c2nc(-c3ccccc3F)cs2)c1. The van der Waals surface area contributed by atoms with Crippen molar-refractivity contribution in [2.75, 3.05) is 0 Å². The summed E-state index contributed by atoms with van der Waals surface area (Å²) >= 11 is 1.40. The van der Waals surface area contributed by atoms with Crippen LogP contribution in [0.25, 0.3) is 21.8 Å². The van der Waals surface area contributed by atoms with Crippen LogP contribution in [0.4, 0.5) is 4.39 Å². The molecule has 0 saturated carbocycles. The van der Waals surface area contributed by atoms with E-state index in [1.54, 1.807) is 41.8 Å². The summed E-state index contributed by atoms with van der Waals surface area (Å²) in [5.74, 6) is -0.789. The molecule has 0 fully saturated rings. The first-order chi connectivity index (χ1) is 10.1. The van der Waals surface area contributed by atoms with Crippen molar-refractivity contribution in [2.45, 2.75) is 0 Å². The number of nitrogens with two attached hydrogens (primary N) is 1. The molecule has 0 saturated heterocycles. The summed E-state index contributed by atoms with van der Waals surface area (Å²) in [6.07, 6.45) is 0. The lowest BCUT2D eigenvalue weighted by Gasteiger charge is -2.00. The number of benzene rings is 2. The third-order valence-electron chi connectivity index (χ3n) is 3.05. The Morgan fingerprint density at radius 2 is 1.95 bits per heavy atom. The molecule has 3 rings (SSSR count). The van der Waals surface area contributed by atoms with Crippen LogP contribution in [-0.2, 0) is 0 Å². The quantitative estimate of drug-likeness (QED) is 0.801. The second kappa shape index (κ2) is 5.46. The fourth-order valence-electron chi connectivity index (χ4n) is 2.00. The van der Waals surface area contributed by atoms with Gasteiger partial charge in [0.05, 0.1) is 5.69 Å². The maximum atomic E-state index is 13.8. The van der Waals surface area contributed by atoms with Gasteiger partial charge in [0, 0.05) is 22.1 Å². The number of carbonyl (C=O) groups is 1. The average Bonchev–Trinajstić information content (AvgIpc) is 2.97. The fourth-order valence-corrected chi connectivity index (χ4v) is 2.82. The van der Waals surface area contributed by atoms with Crippen LogP contribution in [0.2, 0.25) is 0 Å². The summed E-state index contributed by atoms with van der Waals surface area (Å²) in [5, 5.41) is 2.52. The highest BCUT2D eigenvalue weighted by atomic mass is 32.1. The van der Waals surface area contributed by atoms with Gasteiger partial charge in [-0.15, -0.1) is 11.3 Å². The lowest BCUT2D eigenvalue weighted by Crippen LogP contribution is -2.10. The monoisotopic (exact) mass is 298 g/mol. The molecule has 0 aliphatic heterocycles. The zero-order valence-electron chi connectivity index (χ0n) is 10.9. The maximum Gasteiger partial charge on any atom is 0.248 e. The van der Waals surface area contributed by atoms with E-state index in [-0.39, 0.29) is 5.82 Å². The highest BCUT2D eigenvalue weighted by Crippen LogP contribution is 2.30. The minimum atomic E-state index is -0.484. The van der Waals surface area contributed by atoms with Crippen LogP contribution in [0.5, 0.6) is 0 Å². The van der Waals surface area contributed by atoms with Crippen molar-refractivity contribution in [2.24, 2.45) is 5.73 Å². The normalized spacial score (nSPS) is 10.5. The first kappa shape index (κ1) is 13.5. The van der Waals surface area contributed by atoms with Crippen molar-refractivity contribution in [3.63, 3.8) is 0 Å². The number of amides is 1. The van der Waals surface area contributed by atoms with E-state index in [1.165, 1.54) is 17.4 Å². The summed E-state index contributed by atoms with van der Waals surface area (Å²) in [7, 11) is 0. The smallest absolute Gasteiger partial charge is 0.248 e. The lowest BCUT2D eigenvalue weighted by atomic mass is 10.1. The predicted molar refractivity (Wildman–Crippen MR) is 81.5 cm³/mol. The van der Waals surface area contributed by atoms with E-state index in [0.717, 1.165) is 10.6 Å². The molecular weight excluding hydrogens is 287 g/mol. The van der Waals surface area contributed by atoms with Crippen molar-refractivity contribution in [1.29, 1.82) is 0 Å². The van der Waals surface area contributed by atoms with Gasteiger partial charge in [-0.2, -0.15) is 0 Å². The molecule has 21 heavy (non-hydrogen) atoms. The Kier molecular flexibility index (Phi) is 3.50. The van der Waals surface area contributed by atoms with E-state index in [4.69, 9.17) is 5.73 Å². The van der Waals surface area contributed by atoms with Crippen molar-refractivity contribution < 1.29 is 9.18 Å². The molecule has 0 bridgehead atoms. The first-order valence-corrected chi connectivity index (χ1v) is 7.14. The highest BCUT2D eigenvalue weighted by molar-refractivity contribution is 7.13. The number of carbonyl (C=O) groups excluding carboxylic acids is 1. The summed E-state index contributed by atoms with van der Waals surface area (Å²) in [4.78, 5) is 15.6. The standard InChI is InChI=1S/C16H11FN2OS/c17-13-7-2-1-6-12(13)14-9-21-16(19-14)11-5-3-4-10(8-11)15(18)20/h1-9H,(H2,18,20).